The van der Waals surface area contributed by atoms with Crippen LogP contribution in [-0.4, -0.2) is 32.7 Å². The Balaban J connectivity index is 2.10. The number of carbonyl (C=O) groups is 1. The molecule has 0 saturated heterocycles. The third-order valence-electron chi connectivity index (χ3n) is 3.79. The van der Waals surface area contributed by atoms with Crippen LogP contribution in [0.1, 0.15) is 22.3 Å². The minimum atomic E-state index is -3.25. The van der Waals surface area contributed by atoms with Crippen LogP contribution in [0.5, 0.6) is 0 Å². The van der Waals surface area contributed by atoms with Crippen molar-refractivity contribution in [2.45, 2.75) is 17.7 Å². The molecule has 1 aliphatic heterocycles. The molecule has 0 saturated carbocycles. The summed E-state index contributed by atoms with van der Waals surface area (Å²) in [6, 6.07) is 4.76. The van der Waals surface area contributed by atoms with E-state index >= 15 is 0 Å². The summed E-state index contributed by atoms with van der Waals surface area (Å²) in [7, 11) is -3.25. The number of benzene rings is 1. The Morgan fingerprint density at radius 2 is 2.10 bits per heavy atom. The van der Waals surface area contributed by atoms with E-state index in [-0.39, 0.29) is 16.6 Å². The van der Waals surface area contributed by atoms with Crippen LogP contribution in [0.4, 0.5) is 0 Å². The van der Waals surface area contributed by atoms with E-state index in [0.717, 1.165) is 12.0 Å². The largest absolute Gasteiger partial charge is 0.287 e. The maximum Gasteiger partial charge on any atom is 0.207 e. The summed E-state index contributed by atoms with van der Waals surface area (Å²) < 4.78 is 23.2. The van der Waals surface area contributed by atoms with E-state index in [4.69, 9.17) is 0 Å². The minimum Gasteiger partial charge on any atom is -0.287 e. The van der Waals surface area contributed by atoms with Crippen molar-refractivity contribution in [3.63, 3.8) is 0 Å². The molecule has 20 heavy (non-hydrogen) atoms. The van der Waals surface area contributed by atoms with E-state index in [2.05, 4.69) is 4.99 Å². The molecule has 1 atom stereocenters. The Morgan fingerprint density at radius 1 is 1.30 bits per heavy atom. The Kier molecular flexibility index (Phi) is 3.09. The fourth-order valence-electron chi connectivity index (χ4n) is 2.74. The topological polar surface area (TPSA) is 63.6 Å². The molecule has 1 heterocycles. The standard InChI is InChI=1S/C15H15NO3S/c1-20(18,19)12-6-7-13-11(9-12)5-4-10-3-2-8-16-14(10)15(13)17/h2-3,6-7,9-10H,4-5,8H2,1H3. The maximum absolute atomic E-state index is 12.5. The van der Waals surface area contributed by atoms with Gasteiger partial charge in [0.2, 0.25) is 5.78 Å². The number of aryl methyl sites for hydroxylation is 1. The Bertz CT molecular complexity index is 744. The molecule has 5 heteroatoms. The zero-order valence-electron chi connectivity index (χ0n) is 11.2. The van der Waals surface area contributed by atoms with Crippen molar-refractivity contribution in [3.8, 4) is 0 Å². The van der Waals surface area contributed by atoms with Crippen LogP contribution >= 0.6 is 0 Å². The van der Waals surface area contributed by atoms with Gasteiger partial charge in [0.1, 0.15) is 0 Å². The van der Waals surface area contributed by atoms with E-state index in [9.17, 15) is 13.2 Å². The molecule has 0 radical (unpaired) electrons. The molecule has 1 aliphatic carbocycles. The van der Waals surface area contributed by atoms with Gasteiger partial charge < -0.3 is 0 Å². The van der Waals surface area contributed by atoms with Crippen LogP contribution in [0, 0.1) is 5.92 Å². The van der Waals surface area contributed by atoms with Crippen LogP contribution in [-0.2, 0) is 16.3 Å². The van der Waals surface area contributed by atoms with Crippen molar-refractivity contribution < 1.29 is 13.2 Å². The molecule has 0 N–H and O–H groups in total. The van der Waals surface area contributed by atoms with Crippen LogP contribution in [0.3, 0.4) is 0 Å². The van der Waals surface area contributed by atoms with Crippen LogP contribution in [0.2, 0.25) is 0 Å². The predicted molar refractivity (Wildman–Crippen MR) is 77.1 cm³/mol. The van der Waals surface area contributed by atoms with E-state index in [0.29, 0.717) is 24.2 Å². The third-order valence-corrected chi connectivity index (χ3v) is 4.90. The van der Waals surface area contributed by atoms with Gasteiger partial charge in [0, 0.05) is 17.7 Å². The molecule has 1 aromatic rings. The van der Waals surface area contributed by atoms with Gasteiger partial charge in [-0.1, -0.05) is 12.2 Å². The number of sulfone groups is 1. The van der Waals surface area contributed by atoms with Crippen molar-refractivity contribution >= 4 is 21.3 Å². The second-order valence-corrected chi connectivity index (χ2v) is 7.24. The number of rotatable bonds is 1. The van der Waals surface area contributed by atoms with Crippen LogP contribution in [0.25, 0.3) is 0 Å². The average molecular weight is 289 g/mol. The summed E-state index contributed by atoms with van der Waals surface area (Å²) in [6.07, 6.45) is 6.67. The van der Waals surface area contributed by atoms with Crippen molar-refractivity contribution in [1.82, 2.24) is 0 Å². The Hall–Kier alpha value is -1.75. The fraction of sp³-hybridized carbons (Fsp3) is 0.333. The van der Waals surface area contributed by atoms with Gasteiger partial charge in [-0.25, -0.2) is 8.42 Å². The van der Waals surface area contributed by atoms with Crippen molar-refractivity contribution in [1.29, 1.82) is 0 Å². The van der Waals surface area contributed by atoms with E-state index < -0.39 is 9.84 Å². The van der Waals surface area contributed by atoms with Crippen molar-refractivity contribution in [2.24, 2.45) is 10.9 Å². The van der Waals surface area contributed by atoms with E-state index in [1.54, 1.807) is 12.1 Å². The monoisotopic (exact) mass is 289 g/mol. The first-order chi connectivity index (χ1) is 9.47. The number of carbonyl (C=O) groups excluding carboxylic acids is 1. The Labute approximate surface area is 118 Å². The number of aliphatic imine (C=N–C) groups is 1. The fourth-order valence-corrected chi connectivity index (χ4v) is 3.41. The van der Waals surface area contributed by atoms with Gasteiger partial charge >= 0.3 is 0 Å². The number of nitrogens with zero attached hydrogens (tertiary/aromatic N) is 1. The summed E-state index contributed by atoms with van der Waals surface area (Å²) in [6.45, 7) is 0.550. The van der Waals surface area contributed by atoms with Crippen LogP contribution in [0.15, 0.2) is 40.2 Å². The number of fused-ring (bicyclic) bond motifs is 2. The average Bonchev–Trinajstić information content (AvgIpc) is 2.56. The molecular weight excluding hydrogens is 274 g/mol. The first kappa shape index (κ1) is 13.2. The normalized spacial score (nSPS) is 21.8. The van der Waals surface area contributed by atoms with Crippen molar-refractivity contribution in [2.75, 3.05) is 12.8 Å². The molecule has 0 fully saturated rings. The summed E-state index contributed by atoms with van der Waals surface area (Å²) in [5.41, 5.74) is 2.01. The number of allylic oxidation sites excluding steroid dienone is 1. The summed E-state index contributed by atoms with van der Waals surface area (Å²) >= 11 is 0. The molecule has 4 nitrogen and oxygen atoms in total. The number of hydrogen-bond donors (Lipinski definition) is 0. The zero-order chi connectivity index (χ0) is 14.3. The predicted octanol–water partition coefficient (Wildman–Crippen LogP) is 1.85. The third kappa shape index (κ3) is 2.22. The first-order valence-electron chi connectivity index (χ1n) is 6.55. The van der Waals surface area contributed by atoms with Gasteiger partial charge in [-0.15, -0.1) is 0 Å². The second-order valence-electron chi connectivity index (χ2n) is 5.22. The first-order valence-corrected chi connectivity index (χ1v) is 8.44. The highest BCUT2D eigenvalue weighted by Gasteiger charge is 2.29. The molecule has 2 aliphatic rings. The van der Waals surface area contributed by atoms with Crippen LogP contribution < -0.4 is 0 Å². The lowest BCUT2D eigenvalue weighted by molar-refractivity contribution is 0.106. The molecular formula is C15H15NO3S. The maximum atomic E-state index is 12.5. The zero-order valence-corrected chi connectivity index (χ0v) is 12.0. The lowest BCUT2D eigenvalue weighted by atomic mass is 9.94. The van der Waals surface area contributed by atoms with Crippen molar-refractivity contribution in [3.05, 3.63) is 41.5 Å². The molecule has 1 aromatic carbocycles. The van der Waals surface area contributed by atoms with Gasteiger partial charge in [-0.2, -0.15) is 0 Å². The molecule has 1 unspecified atom stereocenters. The summed E-state index contributed by atoms with van der Waals surface area (Å²) in [5.74, 6) is -0.00256. The molecule has 3 rings (SSSR count). The quantitative estimate of drug-likeness (QED) is 0.741. The van der Waals surface area contributed by atoms with Gasteiger partial charge in [0.25, 0.3) is 0 Å². The minimum absolute atomic E-state index is 0.0605. The lowest BCUT2D eigenvalue weighted by Crippen LogP contribution is -2.23. The molecule has 0 bridgehead atoms. The Morgan fingerprint density at radius 3 is 2.85 bits per heavy atom. The second kappa shape index (κ2) is 4.66. The van der Waals surface area contributed by atoms with Gasteiger partial charge in [-0.05, 0) is 36.6 Å². The van der Waals surface area contributed by atoms with E-state index in [1.165, 1.54) is 12.3 Å². The molecule has 0 amide bonds. The highest BCUT2D eigenvalue weighted by atomic mass is 32.2. The molecule has 104 valence electrons. The number of ketones is 1. The highest BCUT2D eigenvalue weighted by Crippen LogP contribution is 2.27. The summed E-state index contributed by atoms with van der Waals surface area (Å²) in [4.78, 5) is 17.1. The number of dihydropyridines is 1. The van der Waals surface area contributed by atoms with E-state index in [1.807, 2.05) is 12.2 Å². The van der Waals surface area contributed by atoms with Gasteiger partial charge in [0.05, 0.1) is 17.2 Å². The summed E-state index contributed by atoms with van der Waals surface area (Å²) in [5, 5.41) is 0. The smallest absolute Gasteiger partial charge is 0.207 e. The SMILES string of the molecule is CS(=O)(=O)c1ccc2c(c1)CCC1C=CCN=C1C2=O. The van der Waals surface area contributed by atoms with Gasteiger partial charge in [-0.3, -0.25) is 9.79 Å². The lowest BCUT2D eigenvalue weighted by Gasteiger charge is -2.14. The highest BCUT2D eigenvalue weighted by molar-refractivity contribution is 7.90. The number of Topliss-reactive ketones (excluding diaryl/α,β-unsaturated/α-hetero) is 1. The molecule has 0 aromatic heterocycles. The van der Waals surface area contributed by atoms with Gasteiger partial charge in [0.15, 0.2) is 9.84 Å². The molecule has 0 spiro atoms. The number of hydrogen-bond acceptors (Lipinski definition) is 4.